The molecular formula is C16H18ClN3O2. The van der Waals surface area contributed by atoms with Crippen LogP contribution < -0.4 is 10.2 Å². The van der Waals surface area contributed by atoms with Crippen LogP contribution in [0.1, 0.15) is 18.9 Å². The number of carbonyl (C=O) groups is 1. The average Bonchev–Trinajstić information content (AvgIpc) is 2.82. The number of anilines is 1. The summed E-state index contributed by atoms with van der Waals surface area (Å²) in [5.74, 6) is 0.533. The third-order valence-corrected chi connectivity index (χ3v) is 4.10. The first kappa shape index (κ1) is 15.1. The molecule has 1 amide bonds. The summed E-state index contributed by atoms with van der Waals surface area (Å²) in [7, 11) is 1.57. The number of hydrogen-bond acceptors (Lipinski definition) is 4. The zero-order chi connectivity index (χ0) is 15.7. The molecule has 1 aromatic rings. The molecule has 3 rings (SSSR count). The lowest BCUT2D eigenvalue weighted by atomic mass is 10.1. The number of hydrogen-bond donors (Lipinski definition) is 1. The summed E-state index contributed by atoms with van der Waals surface area (Å²) in [5, 5.41) is 3.38. The van der Waals surface area contributed by atoms with Crippen LogP contribution in [0.3, 0.4) is 0 Å². The molecule has 116 valence electrons. The van der Waals surface area contributed by atoms with Crippen molar-refractivity contribution >= 4 is 29.0 Å². The van der Waals surface area contributed by atoms with Gasteiger partial charge in [-0.2, -0.15) is 0 Å². The lowest BCUT2D eigenvalue weighted by molar-refractivity contribution is -0.117. The van der Waals surface area contributed by atoms with Gasteiger partial charge in [-0.25, -0.2) is 4.99 Å². The maximum absolute atomic E-state index is 12.7. The predicted octanol–water partition coefficient (Wildman–Crippen LogP) is 2.41. The van der Waals surface area contributed by atoms with Gasteiger partial charge >= 0.3 is 0 Å². The first-order valence-electron chi connectivity index (χ1n) is 7.22. The zero-order valence-electron chi connectivity index (χ0n) is 12.5. The molecule has 2 atom stereocenters. The van der Waals surface area contributed by atoms with E-state index in [4.69, 9.17) is 16.3 Å². The molecule has 5 nitrogen and oxygen atoms in total. The van der Waals surface area contributed by atoms with E-state index in [1.54, 1.807) is 13.2 Å². The van der Waals surface area contributed by atoms with E-state index in [0.29, 0.717) is 11.0 Å². The Hall–Kier alpha value is -1.85. The van der Waals surface area contributed by atoms with Crippen molar-refractivity contribution in [1.29, 1.82) is 0 Å². The Kier molecular flexibility index (Phi) is 4.18. The molecule has 0 saturated carbocycles. The van der Waals surface area contributed by atoms with Gasteiger partial charge in [0.2, 0.25) is 5.91 Å². The molecule has 0 fully saturated rings. The predicted molar refractivity (Wildman–Crippen MR) is 87.0 cm³/mol. The third-order valence-electron chi connectivity index (χ3n) is 3.89. The van der Waals surface area contributed by atoms with Crippen molar-refractivity contribution in [2.45, 2.75) is 32.0 Å². The zero-order valence-corrected chi connectivity index (χ0v) is 13.3. The number of ether oxygens (including phenoxy) is 1. The fraction of sp³-hybridized carbons (Fsp3) is 0.375. The molecule has 2 heterocycles. The van der Waals surface area contributed by atoms with Gasteiger partial charge in [-0.15, -0.1) is 0 Å². The Bertz CT molecular complexity index is 657. The number of amidine groups is 1. The molecule has 0 saturated heterocycles. The first-order valence-corrected chi connectivity index (χ1v) is 7.60. The molecule has 0 aromatic heterocycles. The van der Waals surface area contributed by atoms with Crippen molar-refractivity contribution in [1.82, 2.24) is 5.32 Å². The fourth-order valence-corrected chi connectivity index (χ4v) is 3.14. The van der Waals surface area contributed by atoms with E-state index in [0.717, 1.165) is 12.1 Å². The van der Waals surface area contributed by atoms with E-state index >= 15 is 0 Å². The van der Waals surface area contributed by atoms with Crippen molar-refractivity contribution in [2.75, 3.05) is 12.0 Å². The highest BCUT2D eigenvalue weighted by Crippen LogP contribution is 2.32. The molecule has 2 aliphatic heterocycles. The minimum absolute atomic E-state index is 0.00456. The maximum atomic E-state index is 12.7. The number of nitrogens with one attached hydrogen (secondary N) is 1. The van der Waals surface area contributed by atoms with Crippen molar-refractivity contribution in [2.24, 2.45) is 4.99 Å². The third kappa shape index (κ3) is 2.87. The summed E-state index contributed by atoms with van der Waals surface area (Å²) in [5.41, 5.74) is 2.19. The number of aliphatic imine (C=N–C) groups is 1. The van der Waals surface area contributed by atoms with Gasteiger partial charge < -0.3 is 15.0 Å². The molecule has 0 aliphatic carbocycles. The summed E-state index contributed by atoms with van der Waals surface area (Å²) < 4.78 is 5.20. The number of methoxy groups -OCH3 is 1. The lowest BCUT2D eigenvalue weighted by Gasteiger charge is -2.25. The van der Waals surface area contributed by atoms with E-state index < -0.39 is 0 Å². The molecule has 1 N–H and O–H groups in total. The summed E-state index contributed by atoms with van der Waals surface area (Å²) in [6.45, 7) is 2.05. The van der Waals surface area contributed by atoms with Crippen LogP contribution in [-0.2, 0) is 16.0 Å². The maximum Gasteiger partial charge on any atom is 0.234 e. The van der Waals surface area contributed by atoms with E-state index in [1.807, 2.05) is 23.1 Å². The topological polar surface area (TPSA) is 53.9 Å². The highest BCUT2D eigenvalue weighted by Gasteiger charge is 2.31. The number of amides is 1. The van der Waals surface area contributed by atoms with Crippen LogP contribution >= 0.6 is 11.6 Å². The average molecular weight is 320 g/mol. The molecule has 6 heteroatoms. The fourth-order valence-electron chi connectivity index (χ4n) is 2.92. The van der Waals surface area contributed by atoms with Crippen LogP contribution in [-0.4, -0.2) is 31.1 Å². The number of fused-ring (bicyclic) bond motifs is 1. The second-order valence-corrected chi connectivity index (χ2v) is 5.86. The van der Waals surface area contributed by atoms with Crippen LogP contribution in [0, 0.1) is 0 Å². The molecule has 2 unspecified atom stereocenters. The Balaban J connectivity index is 1.77. The second-order valence-electron chi connectivity index (χ2n) is 5.47. The normalized spacial score (nSPS) is 23.5. The molecule has 0 spiro atoms. The summed E-state index contributed by atoms with van der Waals surface area (Å²) in [4.78, 5) is 18.7. The molecule has 0 radical (unpaired) electrons. The SMILES string of the molecule is COC1C=C(Cl)N=C(CC(=O)N2c3ccccc3CC2C)N1. The highest BCUT2D eigenvalue weighted by molar-refractivity contribution is 6.30. The van der Waals surface area contributed by atoms with Crippen molar-refractivity contribution in [3.05, 3.63) is 41.1 Å². The number of carbonyl (C=O) groups excluding carboxylic acids is 1. The summed E-state index contributed by atoms with van der Waals surface area (Å²) >= 11 is 5.97. The summed E-state index contributed by atoms with van der Waals surface area (Å²) in [6, 6.07) is 8.15. The highest BCUT2D eigenvalue weighted by atomic mass is 35.5. The lowest BCUT2D eigenvalue weighted by Crippen LogP contribution is -2.43. The van der Waals surface area contributed by atoms with Gasteiger partial charge in [0, 0.05) is 24.9 Å². The monoisotopic (exact) mass is 319 g/mol. The Morgan fingerprint density at radius 1 is 1.50 bits per heavy atom. The van der Waals surface area contributed by atoms with Gasteiger partial charge in [0.05, 0.1) is 6.42 Å². The number of para-hydroxylation sites is 1. The van der Waals surface area contributed by atoms with Crippen molar-refractivity contribution in [3.63, 3.8) is 0 Å². The van der Waals surface area contributed by atoms with Crippen molar-refractivity contribution in [3.8, 4) is 0 Å². The number of rotatable bonds is 3. The second kappa shape index (κ2) is 6.10. The molecule has 22 heavy (non-hydrogen) atoms. The van der Waals surface area contributed by atoms with Crippen LogP contribution in [0.25, 0.3) is 0 Å². The number of halogens is 1. The molecule has 0 bridgehead atoms. The number of nitrogens with zero attached hydrogens (tertiary/aromatic N) is 2. The Labute approximate surface area is 134 Å². The molecule has 2 aliphatic rings. The van der Waals surface area contributed by atoms with E-state index in [2.05, 4.69) is 23.3 Å². The Morgan fingerprint density at radius 2 is 2.27 bits per heavy atom. The van der Waals surface area contributed by atoms with Gasteiger partial charge in [0.25, 0.3) is 0 Å². The Morgan fingerprint density at radius 3 is 3.05 bits per heavy atom. The molecule has 1 aromatic carbocycles. The van der Waals surface area contributed by atoms with Gasteiger partial charge in [-0.05, 0) is 25.0 Å². The van der Waals surface area contributed by atoms with E-state index in [9.17, 15) is 4.79 Å². The van der Waals surface area contributed by atoms with Crippen LogP contribution in [0.15, 0.2) is 40.5 Å². The summed E-state index contributed by atoms with van der Waals surface area (Å²) in [6.07, 6.45) is 2.35. The van der Waals surface area contributed by atoms with E-state index in [1.165, 1.54) is 5.56 Å². The largest absolute Gasteiger partial charge is 0.358 e. The quantitative estimate of drug-likeness (QED) is 0.870. The van der Waals surface area contributed by atoms with Crippen LogP contribution in [0.2, 0.25) is 0 Å². The van der Waals surface area contributed by atoms with Gasteiger partial charge in [0.1, 0.15) is 11.0 Å². The molecular weight excluding hydrogens is 302 g/mol. The minimum Gasteiger partial charge on any atom is -0.358 e. The van der Waals surface area contributed by atoms with Gasteiger partial charge in [-0.1, -0.05) is 29.8 Å². The first-order chi connectivity index (χ1) is 10.6. The smallest absolute Gasteiger partial charge is 0.234 e. The van der Waals surface area contributed by atoms with E-state index in [-0.39, 0.29) is 24.6 Å². The standard InChI is InChI=1S/C16H18ClN3O2/c1-10-7-11-5-3-4-6-12(11)20(10)16(21)9-14-18-13(17)8-15(19-14)22-2/h3-6,8,10,15H,7,9H2,1-2H3,(H,18,19). The van der Waals surface area contributed by atoms with Gasteiger partial charge in [-0.3, -0.25) is 4.79 Å². The van der Waals surface area contributed by atoms with Crippen molar-refractivity contribution < 1.29 is 9.53 Å². The van der Waals surface area contributed by atoms with Gasteiger partial charge in [0.15, 0.2) is 6.23 Å². The van der Waals surface area contributed by atoms with Crippen LogP contribution in [0.4, 0.5) is 5.69 Å². The minimum atomic E-state index is -0.351. The number of benzene rings is 1. The van der Waals surface area contributed by atoms with Crippen LogP contribution in [0.5, 0.6) is 0 Å².